The molecule has 0 saturated heterocycles. The summed E-state index contributed by atoms with van der Waals surface area (Å²) in [7, 11) is 5.02. The Morgan fingerprint density at radius 3 is 2.88 bits per heavy atom. The normalized spacial score (nSPS) is 10.8. The highest BCUT2D eigenvalue weighted by atomic mass is 16.5. The van der Waals surface area contributed by atoms with Crippen molar-refractivity contribution in [3.05, 3.63) is 23.7 Å². The van der Waals surface area contributed by atoms with E-state index in [1.165, 1.54) is 13.4 Å². The maximum absolute atomic E-state index is 11.4. The van der Waals surface area contributed by atoms with E-state index >= 15 is 0 Å². The van der Waals surface area contributed by atoms with Crippen LogP contribution < -0.4 is 0 Å². The van der Waals surface area contributed by atoms with Crippen molar-refractivity contribution in [1.82, 2.24) is 4.90 Å². The molecule has 0 saturated carbocycles. The van der Waals surface area contributed by atoms with Gasteiger partial charge in [0, 0.05) is 32.4 Å². The number of rotatable bonds is 7. The summed E-state index contributed by atoms with van der Waals surface area (Å²) in [4.78, 5) is 13.5. The van der Waals surface area contributed by atoms with Gasteiger partial charge in [-0.2, -0.15) is 0 Å². The summed E-state index contributed by atoms with van der Waals surface area (Å²) in [6.07, 6.45) is 2.46. The Bertz CT molecular complexity index is 348. The molecule has 0 N–H and O–H groups in total. The number of hydrogen-bond donors (Lipinski definition) is 0. The molecular weight excluding hydrogens is 222 g/mol. The molecule has 0 bridgehead atoms. The fourth-order valence-corrected chi connectivity index (χ4v) is 1.58. The number of nitrogens with zero attached hydrogens (tertiary/aromatic N) is 1. The molecule has 0 aliphatic heterocycles. The number of carbonyl (C=O) groups excluding carboxylic acids is 1. The minimum atomic E-state index is -0.435. The first-order valence-electron chi connectivity index (χ1n) is 5.51. The Hall–Kier alpha value is -1.33. The molecule has 0 amide bonds. The third-order valence-electron chi connectivity index (χ3n) is 2.45. The van der Waals surface area contributed by atoms with Gasteiger partial charge < -0.3 is 18.8 Å². The van der Waals surface area contributed by atoms with Crippen molar-refractivity contribution in [3.63, 3.8) is 0 Å². The van der Waals surface area contributed by atoms with Crippen LogP contribution in [0.1, 0.15) is 22.5 Å². The van der Waals surface area contributed by atoms with E-state index in [9.17, 15) is 4.79 Å². The molecule has 1 aromatic heterocycles. The lowest BCUT2D eigenvalue weighted by molar-refractivity contribution is 0.0562. The SMILES string of the molecule is COCCCN(C)Cc1ccoc1C(=O)OC. The number of furan rings is 1. The molecule has 1 aromatic rings. The standard InChI is InChI=1S/C12H19NO4/c1-13(6-4-7-15-2)9-10-5-8-17-11(10)12(14)16-3/h5,8H,4,6-7,9H2,1-3H3. The predicted molar refractivity (Wildman–Crippen MR) is 62.9 cm³/mol. The predicted octanol–water partition coefficient (Wildman–Crippen LogP) is 1.53. The Labute approximate surface area is 101 Å². The van der Waals surface area contributed by atoms with Crippen LogP contribution in [0.2, 0.25) is 0 Å². The van der Waals surface area contributed by atoms with E-state index in [1.54, 1.807) is 13.2 Å². The van der Waals surface area contributed by atoms with Crippen LogP contribution >= 0.6 is 0 Å². The number of carbonyl (C=O) groups is 1. The molecule has 0 spiro atoms. The van der Waals surface area contributed by atoms with Crippen LogP contribution in [0.3, 0.4) is 0 Å². The zero-order valence-corrected chi connectivity index (χ0v) is 10.6. The summed E-state index contributed by atoms with van der Waals surface area (Å²) in [6, 6.07) is 1.79. The Balaban J connectivity index is 2.50. The van der Waals surface area contributed by atoms with Gasteiger partial charge in [0.15, 0.2) is 0 Å². The van der Waals surface area contributed by atoms with E-state index in [0.717, 1.165) is 25.1 Å². The molecule has 5 nitrogen and oxygen atoms in total. The maximum atomic E-state index is 11.4. The first-order valence-corrected chi connectivity index (χ1v) is 5.51. The third-order valence-corrected chi connectivity index (χ3v) is 2.45. The monoisotopic (exact) mass is 241 g/mol. The van der Waals surface area contributed by atoms with Crippen molar-refractivity contribution in [2.24, 2.45) is 0 Å². The molecule has 0 radical (unpaired) electrons. The second-order valence-corrected chi connectivity index (χ2v) is 3.85. The highest BCUT2D eigenvalue weighted by Gasteiger charge is 2.16. The average Bonchev–Trinajstić information content (AvgIpc) is 2.76. The molecule has 0 aliphatic carbocycles. The molecule has 0 atom stereocenters. The van der Waals surface area contributed by atoms with Gasteiger partial charge in [-0.25, -0.2) is 4.79 Å². The number of methoxy groups -OCH3 is 2. The fraction of sp³-hybridized carbons (Fsp3) is 0.583. The second kappa shape index (κ2) is 7.09. The van der Waals surface area contributed by atoms with Crippen molar-refractivity contribution in [3.8, 4) is 0 Å². The maximum Gasteiger partial charge on any atom is 0.374 e. The quantitative estimate of drug-likeness (QED) is 0.535. The van der Waals surface area contributed by atoms with Crippen LogP contribution in [-0.4, -0.2) is 45.3 Å². The molecule has 1 rings (SSSR count). The van der Waals surface area contributed by atoms with Gasteiger partial charge in [0.2, 0.25) is 5.76 Å². The van der Waals surface area contributed by atoms with Gasteiger partial charge in [-0.15, -0.1) is 0 Å². The minimum absolute atomic E-state index is 0.283. The number of hydrogen-bond acceptors (Lipinski definition) is 5. The molecule has 1 heterocycles. The summed E-state index contributed by atoms with van der Waals surface area (Å²) in [5.74, 6) is -0.151. The van der Waals surface area contributed by atoms with E-state index in [-0.39, 0.29) is 5.76 Å². The van der Waals surface area contributed by atoms with Crippen LogP contribution in [0.15, 0.2) is 16.7 Å². The molecule has 0 aromatic carbocycles. The van der Waals surface area contributed by atoms with E-state index in [2.05, 4.69) is 9.64 Å². The smallest absolute Gasteiger partial charge is 0.374 e. The third kappa shape index (κ3) is 4.20. The van der Waals surface area contributed by atoms with Crippen LogP contribution in [-0.2, 0) is 16.0 Å². The molecule has 17 heavy (non-hydrogen) atoms. The van der Waals surface area contributed by atoms with Gasteiger partial charge in [-0.05, 0) is 19.5 Å². The Kier molecular flexibility index (Phi) is 5.72. The summed E-state index contributed by atoms with van der Waals surface area (Å²) >= 11 is 0. The second-order valence-electron chi connectivity index (χ2n) is 3.85. The van der Waals surface area contributed by atoms with Crippen LogP contribution in [0.25, 0.3) is 0 Å². The lowest BCUT2D eigenvalue weighted by atomic mass is 10.2. The van der Waals surface area contributed by atoms with Crippen molar-refractivity contribution in [1.29, 1.82) is 0 Å². The van der Waals surface area contributed by atoms with Crippen molar-refractivity contribution >= 4 is 5.97 Å². The van der Waals surface area contributed by atoms with Gasteiger partial charge in [0.05, 0.1) is 13.4 Å². The zero-order valence-electron chi connectivity index (χ0n) is 10.6. The van der Waals surface area contributed by atoms with Gasteiger partial charge in [0.1, 0.15) is 0 Å². The topological polar surface area (TPSA) is 51.9 Å². The van der Waals surface area contributed by atoms with Gasteiger partial charge in [0.25, 0.3) is 0 Å². The highest BCUT2D eigenvalue weighted by molar-refractivity contribution is 5.87. The zero-order chi connectivity index (χ0) is 12.7. The summed E-state index contributed by atoms with van der Waals surface area (Å²) in [5, 5.41) is 0. The molecule has 0 fully saturated rings. The first-order chi connectivity index (χ1) is 8.19. The number of ether oxygens (including phenoxy) is 2. The summed E-state index contributed by atoms with van der Waals surface area (Å²) in [6.45, 7) is 2.30. The van der Waals surface area contributed by atoms with Crippen molar-refractivity contribution in [2.75, 3.05) is 34.4 Å². The van der Waals surface area contributed by atoms with Crippen molar-refractivity contribution < 1.29 is 18.7 Å². The Morgan fingerprint density at radius 1 is 1.47 bits per heavy atom. The minimum Gasteiger partial charge on any atom is -0.463 e. The van der Waals surface area contributed by atoms with E-state index < -0.39 is 5.97 Å². The largest absolute Gasteiger partial charge is 0.463 e. The molecule has 0 aliphatic rings. The molecule has 5 heteroatoms. The summed E-state index contributed by atoms with van der Waals surface area (Å²) in [5.41, 5.74) is 0.844. The van der Waals surface area contributed by atoms with E-state index in [4.69, 9.17) is 9.15 Å². The fourth-order valence-electron chi connectivity index (χ4n) is 1.58. The van der Waals surface area contributed by atoms with Gasteiger partial charge >= 0.3 is 5.97 Å². The lowest BCUT2D eigenvalue weighted by Gasteiger charge is -2.15. The van der Waals surface area contributed by atoms with Gasteiger partial charge in [-0.3, -0.25) is 0 Å². The summed E-state index contributed by atoms with van der Waals surface area (Å²) < 4.78 is 14.7. The van der Waals surface area contributed by atoms with Crippen molar-refractivity contribution in [2.45, 2.75) is 13.0 Å². The highest BCUT2D eigenvalue weighted by Crippen LogP contribution is 2.13. The van der Waals surface area contributed by atoms with E-state index in [0.29, 0.717) is 6.54 Å². The van der Waals surface area contributed by atoms with Crippen LogP contribution in [0.5, 0.6) is 0 Å². The van der Waals surface area contributed by atoms with Crippen LogP contribution in [0, 0.1) is 0 Å². The van der Waals surface area contributed by atoms with Gasteiger partial charge in [-0.1, -0.05) is 0 Å². The Morgan fingerprint density at radius 2 is 2.24 bits per heavy atom. The molecular formula is C12H19NO4. The molecule has 0 unspecified atom stereocenters. The molecule has 96 valence electrons. The average molecular weight is 241 g/mol. The van der Waals surface area contributed by atoms with E-state index in [1.807, 2.05) is 7.05 Å². The number of esters is 1. The lowest BCUT2D eigenvalue weighted by Crippen LogP contribution is -2.21. The van der Waals surface area contributed by atoms with Crippen LogP contribution in [0.4, 0.5) is 0 Å². The first kappa shape index (κ1) is 13.7.